The van der Waals surface area contributed by atoms with Crippen LogP contribution >= 0.6 is 0 Å². The maximum Gasteiger partial charge on any atom is 0.251 e. The lowest BCUT2D eigenvalue weighted by Gasteiger charge is -2.11. The van der Waals surface area contributed by atoms with E-state index in [1.165, 1.54) is 12.0 Å². The Morgan fingerprint density at radius 1 is 1.33 bits per heavy atom. The summed E-state index contributed by atoms with van der Waals surface area (Å²) in [5.41, 5.74) is 1.89. The van der Waals surface area contributed by atoms with Crippen molar-refractivity contribution in [1.29, 1.82) is 0 Å². The summed E-state index contributed by atoms with van der Waals surface area (Å²) in [7, 11) is 0. The van der Waals surface area contributed by atoms with E-state index < -0.39 is 0 Å². The van der Waals surface area contributed by atoms with Gasteiger partial charge in [0.25, 0.3) is 5.91 Å². The average molecular weight is 247 g/mol. The SMILES string of the molecule is Cc1ccc(C(=O)NCCNC2CCNC2)cc1. The normalized spacial score (nSPS) is 18.8. The van der Waals surface area contributed by atoms with Crippen LogP contribution in [0.1, 0.15) is 22.3 Å². The van der Waals surface area contributed by atoms with Crippen LogP contribution in [0.4, 0.5) is 0 Å². The molecular weight excluding hydrogens is 226 g/mol. The first-order valence-corrected chi connectivity index (χ1v) is 6.54. The third-order valence-electron chi connectivity index (χ3n) is 3.22. The van der Waals surface area contributed by atoms with E-state index in [0.29, 0.717) is 12.6 Å². The second kappa shape index (κ2) is 6.52. The molecule has 0 bridgehead atoms. The van der Waals surface area contributed by atoms with Gasteiger partial charge in [-0.3, -0.25) is 4.79 Å². The van der Waals surface area contributed by atoms with E-state index in [1.807, 2.05) is 31.2 Å². The van der Waals surface area contributed by atoms with Crippen LogP contribution in [0.15, 0.2) is 24.3 Å². The van der Waals surface area contributed by atoms with Crippen molar-refractivity contribution in [1.82, 2.24) is 16.0 Å². The highest BCUT2D eigenvalue weighted by Gasteiger charge is 2.12. The van der Waals surface area contributed by atoms with Crippen LogP contribution in [0.25, 0.3) is 0 Å². The predicted molar refractivity (Wildman–Crippen MR) is 72.8 cm³/mol. The third-order valence-corrected chi connectivity index (χ3v) is 3.22. The molecule has 2 rings (SSSR count). The van der Waals surface area contributed by atoms with Gasteiger partial charge in [0.15, 0.2) is 0 Å². The Hall–Kier alpha value is -1.39. The molecule has 1 aromatic rings. The molecule has 0 aromatic heterocycles. The minimum atomic E-state index is 0.00125. The topological polar surface area (TPSA) is 53.2 Å². The lowest BCUT2D eigenvalue weighted by Crippen LogP contribution is -2.38. The molecule has 1 aliphatic heterocycles. The van der Waals surface area contributed by atoms with Crippen LogP contribution in [0.3, 0.4) is 0 Å². The summed E-state index contributed by atoms with van der Waals surface area (Å²) in [5.74, 6) is 0.00125. The maximum absolute atomic E-state index is 11.8. The predicted octanol–water partition coefficient (Wildman–Crippen LogP) is 0.676. The van der Waals surface area contributed by atoms with E-state index in [2.05, 4.69) is 16.0 Å². The Balaban J connectivity index is 1.66. The minimum Gasteiger partial charge on any atom is -0.351 e. The van der Waals surface area contributed by atoms with Crippen molar-refractivity contribution in [2.75, 3.05) is 26.2 Å². The van der Waals surface area contributed by atoms with Gasteiger partial charge in [0.05, 0.1) is 0 Å². The van der Waals surface area contributed by atoms with Crippen molar-refractivity contribution in [3.8, 4) is 0 Å². The number of hydrogen-bond acceptors (Lipinski definition) is 3. The summed E-state index contributed by atoms with van der Waals surface area (Å²) in [4.78, 5) is 11.8. The smallest absolute Gasteiger partial charge is 0.251 e. The van der Waals surface area contributed by atoms with E-state index >= 15 is 0 Å². The summed E-state index contributed by atoms with van der Waals surface area (Å²) in [5, 5.41) is 9.64. The zero-order chi connectivity index (χ0) is 12.8. The molecule has 3 N–H and O–H groups in total. The molecule has 0 aliphatic carbocycles. The van der Waals surface area contributed by atoms with E-state index in [9.17, 15) is 4.79 Å². The van der Waals surface area contributed by atoms with Gasteiger partial charge in [0.1, 0.15) is 0 Å². The molecule has 18 heavy (non-hydrogen) atoms. The second-order valence-electron chi connectivity index (χ2n) is 4.77. The maximum atomic E-state index is 11.8. The Kier molecular flexibility index (Phi) is 4.73. The zero-order valence-corrected chi connectivity index (χ0v) is 10.8. The van der Waals surface area contributed by atoms with Crippen LogP contribution < -0.4 is 16.0 Å². The van der Waals surface area contributed by atoms with Gasteiger partial charge in [0.2, 0.25) is 0 Å². The first kappa shape index (κ1) is 13.1. The van der Waals surface area contributed by atoms with Crippen LogP contribution in [-0.2, 0) is 0 Å². The zero-order valence-electron chi connectivity index (χ0n) is 10.8. The van der Waals surface area contributed by atoms with E-state index in [-0.39, 0.29) is 5.91 Å². The van der Waals surface area contributed by atoms with Gasteiger partial charge in [-0.2, -0.15) is 0 Å². The molecule has 0 spiro atoms. The average Bonchev–Trinajstić information content (AvgIpc) is 2.88. The van der Waals surface area contributed by atoms with Crippen LogP contribution in [0.2, 0.25) is 0 Å². The van der Waals surface area contributed by atoms with Gasteiger partial charge in [-0.05, 0) is 32.0 Å². The molecule has 98 valence electrons. The third kappa shape index (κ3) is 3.82. The number of benzene rings is 1. The van der Waals surface area contributed by atoms with Crippen molar-refractivity contribution in [2.24, 2.45) is 0 Å². The van der Waals surface area contributed by atoms with Crippen molar-refractivity contribution < 1.29 is 4.79 Å². The van der Waals surface area contributed by atoms with Crippen molar-refractivity contribution >= 4 is 5.91 Å². The molecule has 4 nitrogen and oxygen atoms in total. The Labute approximate surface area is 108 Å². The van der Waals surface area contributed by atoms with E-state index in [4.69, 9.17) is 0 Å². The van der Waals surface area contributed by atoms with Crippen LogP contribution in [-0.4, -0.2) is 38.1 Å². The summed E-state index contributed by atoms with van der Waals surface area (Å²) in [6, 6.07) is 8.19. The molecule has 1 atom stereocenters. The van der Waals surface area contributed by atoms with Crippen molar-refractivity contribution in [2.45, 2.75) is 19.4 Å². The number of hydrogen-bond donors (Lipinski definition) is 3. The number of amides is 1. The molecule has 1 aromatic carbocycles. The molecule has 1 saturated heterocycles. The molecular formula is C14H21N3O. The Bertz CT molecular complexity index is 383. The molecule has 1 amide bonds. The number of carbonyl (C=O) groups excluding carboxylic acids is 1. The minimum absolute atomic E-state index is 0.00125. The first-order valence-electron chi connectivity index (χ1n) is 6.54. The fraction of sp³-hybridized carbons (Fsp3) is 0.500. The van der Waals surface area contributed by atoms with Gasteiger partial charge in [-0.15, -0.1) is 0 Å². The highest BCUT2D eigenvalue weighted by Crippen LogP contribution is 2.02. The largest absolute Gasteiger partial charge is 0.351 e. The van der Waals surface area contributed by atoms with Crippen LogP contribution in [0, 0.1) is 6.92 Å². The number of nitrogens with one attached hydrogen (secondary N) is 3. The Morgan fingerprint density at radius 2 is 2.11 bits per heavy atom. The van der Waals surface area contributed by atoms with E-state index in [1.54, 1.807) is 0 Å². The van der Waals surface area contributed by atoms with Gasteiger partial charge in [-0.1, -0.05) is 17.7 Å². The standard InChI is InChI=1S/C14H21N3O/c1-11-2-4-12(5-3-11)14(18)17-9-8-16-13-6-7-15-10-13/h2-5,13,15-16H,6-10H2,1H3,(H,17,18). The van der Waals surface area contributed by atoms with Crippen molar-refractivity contribution in [3.05, 3.63) is 35.4 Å². The molecule has 0 saturated carbocycles. The summed E-state index contributed by atoms with van der Waals surface area (Å²) in [6.07, 6.45) is 1.17. The fourth-order valence-electron chi connectivity index (χ4n) is 2.09. The monoisotopic (exact) mass is 247 g/mol. The van der Waals surface area contributed by atoms with Gasteiger partial charge >= 0.3 is 0 Å². The molecule has 1 heterocycles. The highest BCUT2D eigenvalue weighted by molar-refractivity contribution is 5.94. The summed E-state index contributed by atoms with van der Waals surface area (Å²) in [6.45, 7) is 5.63. The van der Waals surface area contributed by atoms with Gasteiger partial charge < -0.3 is 16.0 Å². The van der Waals surface area contributed by atoms with Gasteiger partial charge in [-0.25, -0.2) is 0 Å². The number of aryl methyl sites for hydroxylation is 1. The number of carbonyl (C=O) groups is 1. The highest BCUT2D eigenvalue weighted by atomic mass is 16.1. The molecule has 1 aliphatic rings. The molecule has 1 unspecified atom stereocenters. The lowest BCUT2D eigenvalue weighted by atomic mass is 10.1. The van der Waals surface area contributed by atoms with Gasteiger partial charge in [0, 0.05) is 31.2 Å². The second-order valence-corrected chi connectivity index (χ2v) is 4.77. The first-order chi connectivity index (χ1) is 8.75. The van der Waals surface area contributed by atoms with Crippen molar-refractivity contribution in [3.63, 3.8) is 0 Å². The molecule has 0 radical (unpaired) electrons. The quantitative estimate of drug-likeness (QED) is 0.671. The number of rotatable bonds is 5. The lowest BCUT2D eigenvalue weighted by molar-refractivity contribution is 0.0953. The van der Waals surface area contributed by atoms with Crippen LogP contribution in [0.5, 0.6) is 0 Å². The fourth-order valence-corrected chi connectivity index (χ4v) is 2.09. The summed E-state index contributed by atoms with van der Waals surface area (Å²) < 4.78 is 0. The Morgan fingerprint density at radius 3 is 2.78 bits per heavy atom. The molecule has 1 fully saturated rings. The van der Waals surface area contributed by atoms with E-state index in [0.717, 1.165) is 25.2 Å². The summed E-state index contributed by atoms with van der Waals surface area (Å²) >= 11 is 0. The molecule has 4 heteroatoms.